The summed E-state index contributed by atoms with van der Waals surface area (Å²) in [7, 11) is 0. The molecule has 0 saturated heterocycles. The summed E-state index contributed by atoms with van der Waals surface area (Å²) in [5.74, 6) is -1.08. The van der Waals surface area contributed by atoms with E-state index in [2.05, 4.69) is 5.32 Å². The summed E-state index contributed by atoms with van der Waals surface area (Å²) in [6, 6.07) is 3.32. The third-order valence-corrected chi connectivity index (χ3v) is 2.28. The largest absolute Gasteiger partial charge is 0.478 e. The molecule has 0 aliphatic rings. The Labute approximate surface area is 106 Å². The van der Waals surface area contributed by atoms with Gasteiger partial charge in [-0.2, -0.15) is 0 Å². The molecule has 0 unspecified atom stereocenters. The molecule has 1 aromatic carbocycles. The number of carbonyl (C=O) groups excluding carboxylic acids is 1. The van der Waals surface area contributed by atoms with E-state index in [9.17, 15) is 9.59 Å². The van der Waals surface area contributed by atoms with Crippen LogP contribution < -0.4 is 5.32 Å². The first-order chi connectivity index (χ1) is 8.31. The zero-order chi connectivity index (χ0) is 13.9. The van der Waals surface area contributed by atoms with Gasteiger partial charge in [-0.15, -0.1) is 0 Å². The van der Waals surface area contributed by atoms with Crippen LogP contribution in [0, 0.1) is 13.8 Å². The van der Waals surface area contributed by atoms with Crippen molar-refractivity contribution in [3.05, 3.63) is 28.8 Å². The summed E-state index contributed by atoms with van der Waals surface area (Å²) >= 11 is 0. The normalized spacial score (nSPS) is 10.3. The third-order valence-electron chi connectivity index (χ3n) is 2.28. The van der Waals surface area contributed by atoms with Crippen LogP contribution in [0.2, 0.25) is 0 Å². The quantitative estimate of drug-likeness (QED) is 0.866. The second-order valence-corrected chi connectivity index (χ2v) is 4.39. The van der Waals surface area contributed by atoms with Crippen LogP contribution in [0.25, 0.3) is 0 Å². The average Bonchev–Trinajstić information content (AvgIpc) is 2.20. The number of carboxylic acids is 1. The number of aryl methyl sites for hydroxylation is 2. The van der Waals surface area contributed by atoms with Crippen molar-refractivity contribution in [2.75, 3.05) is 5.32 Å². The smallest absolute Gasteiger partial charge is 0.411 e. The molecule has 1 rings (SSSR count). The predicted molar refractivity (Wildman–Crippen MR) is 68.1 cm³/mol. The summed E-state index contributed by atoms with van der Waals surface area (Å²) in [6.45, 7) is 6.99. The molecule has 0 fully saturated rings. The monoisotopic (exact) mass is 251 g/mol. The molecule has 0 heterocycles. The van der Waals surface area contributed by atoms with Gasteiger partial charge in [-0.3, -0.25) is 5.32 Å². The molecule has 0 aliphatic heterocycles. The Morgan fingerprint density at radius 2 is 1.89 bits per heavy atom. The van der Waals surface area contributed by atoms with Crippen molar-refractivity contribution in [2.45, 2.75) is 33.8 Å². The number of rotatable bonds is 3. The first-order valence-corrected chi connectivity index (χ1v) is 5.63. The number of carboxylic acid groups (broad SMARTS) is 1. The summed E-state index contributed by atoms with van der Waals surface area (Å²) in [4.78, 5) is 22.6. The summed E-state index contributed by atoms with van der Waals surface area (Å²) < 4.78 is 4.93. The standard InChI is InChI=1S/C13H17NO4/c1-7(2)18-13(17)14-11-9(4)5-8(3)6-10(11)12(15)16/h5-7H,1-4H3,(H,14,17)(H,15,16). The average molecular weight is 251 g/mol. The lowest BCUT2D eigenvalue weighted by molar-refractivity contribution is 0.0698. The number of anilines is 1. The summed E-state index contributed by atoms with van der Waals surface area (Å²) in [5.41, 5.74) is 1.85. The number of carbonyl (C=O) groups is 2. The number of amides is 1. The van der Waals surface area contributed by atoms with E-state index in [0.717, 1.165) is 5.56 Å². The van der Waals surface area contributed by atoms with Gasteiger partial charge in [-0.05, 0) is 44.9 Å². The highest BCUT2D eigenvalue weighted by Gasteiger charge is 2.16. The van der Waals surface area contributed by atoms with Crippen LogP contribution in [0.5, 0.6) is 0 Å². The van der Waals surface area contributed by atoms with Crippen LogP contribution in [0.3, 0.4) is 0 Å². The molecule has 0 saturated carbocycles. The lowest BCUT2D eigenvalue weighted by atomic mass is 10.0. The maximum atomic E-state index is 11.5. The van der Waals surface area contributed by atoms with Gasteiger partial charge in [0.1, 0.15) is 0 Å². The van der Waals surface area contributed by atoms with Crippen molar-refractivity contribution >= 4 is 17.7 Å². The highest BCUT2D eigenvalue weighted by molar-refractivity contribution is 6.00. The maximum Gasteiger partial charge on any atom is 0.411 e. The van der Waals surface area contributed by atoms with Crippen LogP contribution in [-0.2, 0) is 4.74 Å². The zero-order valence-electron chi connectivity index (χ0n) is 10.9. The van der Waals surface area contributed by atoms with Gasteiger partial charge in [0.05, 0.1) is 17.4 Å². The summed E-state index contributed by atoms with van der Waals surface area (Å²) in [6.07, 6.45) is -0.913. The van der Waals surface area contributed by atoms with Crippen molar-refractivity contribution in [3.8, 4) is 0 Å². The lowest BCUT2D eigenvalue weighted by Crippen LogP contribution is -2.20. The first kappa shape index (κ1) is 14.0. The molecule has 2 N–H and O–H groups in total. The number of benzene rings is 1. The van der Waals surface area contributed by atoms with Crippen molar-refractivity contribution < 1.29 is 19.4 Å². The van der Waals surface area contributed by atoms with E-state index in [-0.39, 0.29) is 17.4 Å². The van der Waals surface area contributed by atoms with Gasteiger partial charge in [0.2, 0.25) is 0 Å². The Hall–Kier alpha value is -2.04. The highest BCUT2D eigenvalue weighted by atomic mass is 16.6. The van der Waals surface area contributed by atoms with Gasteiger partial charge in [-0.1, -0.05) is 6.07 Å². The fourth-order valence-electron chi connectivity index (χ4n) is 1.65. The number of hydrogen-bond acceptors (Lipinski definition) is 3. The topological polar surface area (TPSA) is 75.6 Å². The number of nitrogens with one attached hydrogen (secondary N) is 1. The number of hydrogen-bond donors (Lipinski definition) is 2. The summed E-state index contributed by atoms with van der Waals surface area (Å²) in [5, 5.41) is 11.6. The fraction of sp³-hybridized carbons (Fsp3) is 0.385. The van der Waals surface area contributed by atoms with Crippen LogP contribution >= 0.6 is 0 Å². The molecule has 0 atom stereocenters. The Bertz CT molecular complexity index is 480. The molecule has 0 aromatic heterocycles. The van der Waals surface area contributed by atoms with Crippen molar-refractivity contribution in [2.24, 2.45) is 0 Å². The van der Waals surface area contributed by atoms with Crippen LogP contribution in [-0.4, -0.2) is 23.3 Å². The Balaban J connectivity index is 3.07. The van der Waals surface area contributed by atoms with E-state index in [1.54, 1.807) is 33.8 Å². The van der Waals surface area contributed by atoms with Gasteiger partial charge in [0.25, 0.3) is 0 Å². The number of ether oxygens (including phenoxy) is 1. The molecule has 0 bridgehead atoms. The number of aromatic carboxylic acids is 1. The fourth-order valence-corrected chi connectivity index (χ4v) is 1.65. The Kier molecular flexibility index (Phi) is 4.31. The van der Waals surface area contributed by atoms with Crippen LogP contribution in [0.1, 0.15) is 35.3 Å². The second-order valence-electron chi connectivity index (χ2n) is 4.39. The minimum absolute atomic E-state index is 0.0632. The minimum Gasteiger partial charge on any atom is -0.478 e. The molecule has 5 nitrogen and oxygen atoms in total. The molecule has 18 heavy (non-hydrogen) atoms. The van der Waals surface area contributed by atoms with E-state index in [0.29, 0.717) is 5.56 Å². The van der Waals surface area contributed by atoms with Crippen LogP contribution in [0.15, 0.2) is 12.1 Å². The third kappa shape index (κ3) is 3.48. The molecule has 1 aromatic rings. The lowest BCUT2D eigenvalue weighted by Gasteiger charge is -2.14. The predicted octanol–water partition coefficient (Wildman–Crippen LogP) is 2.96. The van der Waals surface area contributed by atoms with E-state index in [1.807, 2.05) is 0 Å². The van der Waals surface area contributed by atoms with Gasteiger partial charge in [0, 0.05) is 0 Å². The maximum absolute atomic E-state index is 11.5. The molecule has 98 valence electrons. The van der Waals surface area contributed by atoms with Crippen molar-refractivity contribution in [3.63, 3.8) is 0 Å². The SMILES string of the molecule is Cc1cc(C)c(NC(=O)OC(C)C)c(C(=O)O)c1. The van der Waals surface area contributed by atoms with Crippen molar-refractivity contribution in [1.29, 1.82) is 0 Å². The Morgan fingerprint density at radius 1 is 1.28 bits per heavy atom. The van der Waals surface area contributed by atoms with E-state index >= 15 is 0 Å². The molecule has 0 radical (unpaired) electrons. The molecule has 1 amide bonds. The van der Waals surface area contributed by atoms with Gasteiger partial charge in [-0.25, -0.2) is 9.59 Å². The van der Waals surface area contributed by atoms with Gasteiger partial charge in [0.15, 0.2) is 0 Å². The highest BCUT2D eigenvalue weighted by Crippen LogP contribution is 2.23. The van der Waals surface area contributed by atoms with E-state index < -0.39 is 12.1 Å². The molecule has 5 heteroatoms. The second kappa shape index (κ2) is 5.53. The van der Waals surface area contributed by atoms with Gasteiger partial charge >= 0.3 is 12.1 Å². The molecule has 0 aliphatic carbocycles. The molecular weight excluding hydrogens is 234 g/mol. The van der Waals surface area contributed by atoms with Crippen molar-refractivity contribution in [1.82, 2.24) is 0 Å². The Morgan fingerprint density at radius 3 is 2.39 bits per heavy atom. The van der Waals surface area contributed by atoms with E-state index in [4.69, 9.17) is 9.84 Å². The van der Waals surface area contributed by atoms with Crippen LogP contribution in [0.4, 0.5) is 10.5 Å². The first-order valence-electron chi connectivity index (χ1n) is 5.63. The molecule has 0 spiro atoms. The van der Waals surface area contributed by atoms with E-state index in [1.165, 1.54) is 6.07 Å². The molecular formula is C13H17NO4. The zero-order valence-corrected chi connectivity index (χ0v) is 10.9. The minimum atomic E-state index is -1.08. The van der Waals surface area contributed by atoms with Gasteiger partial charge < -0.3 is 9.84 Å².